The number of nitrogens with one attached hydrogen (secondary N) is 3. The maximum absolute atomic E-state index is 12.5. The van der Waals surface area contributed by atoms with Crippen molar-refractivity contribution in [2.45, 2.75) is 143 Å². The smallest absolute Gasteiger partial charge is 0.295 e. The predicted molar refractivity (Wildman–Crippen MR) is 209 cm³/mol. The van der Waals surface area contributed by atoms with Gasteiger partial charge in [0.15, 0.2) is 25.0 Å². The summed E-state index contributed by atoms with van der Waals surface area (Å²) in [6.45, 7) is -0.187. The van der Waals surface area contributed by atoms with Crippen LogP contribution in [0.5, 0.6) is 0 Å². The summed E-state index contributed by atoms with van der Waals surface area (Å²) >= 11 is 0. The van der Waals surface area contributed by atoms with Gasteiger partial charge in [-0.2, -0.15) is 0 Å². The Morgan fingerprint density at radius 3 is 1.77 bits per heavy atom. The maximum atomic E-state index is 12.5. The second kappa shape index (κ2) is 24.1. The van der Waals surface area contributed by atoms with Gasteiger partial charge in [-0.25, -0.2) is 0 Å². The molecule has 27 heteroatoms. The number of aliphatic hydroxyl groups excluding tert-OH is 9. The first-order chi connectivity index (χ1) is 31.5. The van der Waals surface area contributed by atoms with E-state index in [9.17, 15) is 74.7 Å². The van der Waals surface area contributed by atoms with Gasteiger partial charge in [0.25, 0.3) is 18.9 Å². The van der Waals surface area contributed by atoms with E-state index in [1.165, 1.54) is 24.3 Å². The molecule has 3 amide bonds. The molecule has 12 N–H and O–H groups in total. The van der Waals surface area contributed by atoms with Crippen molar-refractivity contribution >= 4 is 37.0 Å². The third-order valence-corrected chi connectivity index (χ3v) is 11.2. The molecule has 3 aliphatic heterocycles. The SMILES string of the molecule is CC(=O)NC1[C@@H](O[C@@H]2C(OC=O)C[C@@H](O[C@@H]3C(CO)O[C@H](O[C@@H]4C(OC=O)O[C@@H](OCCNC(=O)c5ccc(C=O)cc5)C(O)[C@H]4O)C(NC(C)=O)[C@H]3O)C(O)[C@H]2O)OC(CO)[C@@H](O)[C@@H]1O. The zero-order valence-corrected chi connectivity index (χ0v) is 35.3. The van der Waals surface area contributed by atoms with Crippen LogP contribution in [0.25, 0.3) is 0 Å². The van der Waals surface area contributed by atoms with E-state index in [-0.39, 0.29) is 31.7 Å². The van der Waals surface area contributed by atoms with E-state index in [0.29, 0.717) is 11.8 Å². The number of carbonyl (C=O) groups excluding carboxylic acids is 6. The third-order valence-electron chi connectivity index (χ3n) is 11.2. The molecule has 0 aromatic heterocycles. The number of aldehydes is 1. The average Bonchev–Trinajstić information content (AvgIpc) is 3.29. The van der Waals surface area contributed by atoms with Crippen LogP contribution in [-0.2, 0) is 61.8 Å². The highest BCUT2D eigenvalue weighted by Gasteiger charge is 2.56. The molecule has 3 saturated heterocycles. The van der Waals surface area contributed by atoms with Gasteiger partial charge in [0, 0.05) is 37.9 Å². The lowest BCUT2D eigenvalue weighted by Crippen LogP contribution is -2.69. The van der Waals surface area contributed by atoms with Crippen LogP contribution in [-0.4, -0.2) is 232 Å². The minimum Gasteiger partial charge on any atom is -0.462 e. The molecule has 66 heavy (non-hydrogen) atoms. The van der Waals surface area contributed by atoms with E-state index in [2.05, 4.69) is 16.0 Å². The summed E-state index contributed by atoms with van der Waals surface area (Å²) in [5.41, 5.74) is 0.588. The second-order valence-corrected chi connectivity index (χ2v) is 15.7. The van der Waals surface area contributed by atoms with Crippen LogP contribution in [0, 0.1) is 0 Å². The predicted octanol–water partition coefficient (Wildman–Crippen LogP) is -7.46. The molecule has 1 aromatic rings. The Morgan fingerprint density at radius 2 is 1.20 bits per heavy atom. The lowest BCUT2D eigenvalue weighted by atomic mass is 9.86. The fourth-order valence-corrected chi connectivity index (χ4v) is 7.89. The number of hydrogen-bond donors (Lipinski definition) is 12. The Labute approximate surface area is 374 Å². The standard InChI is InChI=1S/C39H55N3O24/c1-15(48)41-23-27(52)26(51)21(11-44)62-36(23)64-32-20(59-13-46)9-19(25(50)29(32)54)61-33-22(12-45)63-37(24(28(33)53)42-16(2)49)65-34-30(55)31(56)38(66-39(34)60-14-47)58-8-7-40-35(57)18-5-3-17(10-43)4-6-18/h3-6,10,13-14,19-34,36-39,44-45,50-56H,7-9,11-12H2,1-2H3,(H,40,57)(H,41,48)(H,42,49)/t19-,20?,21?,22?,23?,24?,25?,26-,27-,28-,29-,30-,31?,32-,33-,34+,36-,37-,38-,39?/m1/s1. The Morgan fingerprint density at radius 1 is 0.621 bits per heavy atom. The van der Waals surface area contributed by atoms with Crippen molar-refractivity contribution in [1.82, 2.24) is 16.0 Å². The van der Waals surface area contributed by atoms with Crippen molar-refractivity contribution in [3.8, 4) is 0 Å². The van der Waals surface area contributed by atoms with Crippen LogP contribution in [0.4, 0.5) is 0 Å². The second-order valence-electron chi connectivity index (χ2n) is 15.7. The van der Waals surface area contributed by atoms with Gasteiger partial charge in [-0.05, 0) is 12.1 Å². The summed E-state index contributed by atoms with van der Waals surface area (Å²) in [7, 11) is 0. The minimum atomic E-state index is -2.03. The van der Waals surface area contributed by atoms with E-state index in [1.54, 1.807) is 0 Å². The Balaban J connectivity index is 1.27. The number of ether oxygens (including phenoxy) is 9. The van der Waals surface area contributed by atoms with Crippen molar-refractivity contribution in [3.63, 3.8) is 0 Å². The van der Waals surface area contributed by atoms with Crippen LogP contribution in [0.15, 0.2) is 24.3 Å². The molecule has 0 radical (unpaired) electrons. The summed E-state index contributed by atoms with van der Waals surface area (Å²) in [6, 6.07) is 2.56. The fourth-order valence-electron chi connectivity index (χ4n) is 7.89. The topological polar surface area (TPSA) is 404 Å². The van der Waals surface area contributed by atoms with Gasteiger partial charge in [0.05, 0.1) is 25.9 Å². The van der Waals surface area contributed by atoms with E-state index in [4.69, 9.17) is 42.6 Å². The lowest BCUT2D eigenvalue weighted by molar-refractivity contribution is -0.376. The summed E-state index contributed by atoms with van der Waals surface area (Å²) in [5.74, 6) is -2.01. The van der Waals surface area contributed by atoms with Crippen LogP contribution >= 0.6 is 0 Å². The number of carbonyl (C=O) groups is 6. The van der Waals surface area contributed by atoms with Crippen molar-refractivity contribution in [2.24, 2.45) is 0 Å². The highest BCUT2D eigenvalue weighted by Crippen LogP contribution is 2.36. The number of aliphatic hydroxyl groups is 9. The largest absolute Gasteiger partial charge is 0.462 e. The van der Waals surface area contributed by atoms with E-state index >= 15 is 0 Å². The zero-order valence-electron chi connectivity index (χ0n) is 35.3. The molecular weight excluding hydrogens is 894 g/mol. The number of hydrogen-bond acceptors (Lipinski definition) is 24. The van der Waals surface area contributed by atoms with Crippen molar-refractivity contribution in [3.05, 3.63) is 35.4 Å². The number of rotatable bonds is 20. The molecule has 4 fully saturated rings. The Kier molecular flexibility index (Phi) is 19.2. The molecule has 3 heterocycles. The Bertz CT molecular complexity index is 1780. The average molecular weight is 950 g/mol. The molecule has 1 aliphatic carbocycles. The van der Waals surface area contributed by atoms with Crippen LogP contribution in [0.1, 0.15) is 41.0 Å². The van der Waals surface area contributed by atoms with E-state index in [0.717, 1.165) is 13.8 Å². The number of amides is 3. The molecule has 20 atom stereocenters. The first kappa shape index (κ1) is 52.6. The number of benzene rings is 1. The molecule has 1 saturated carbocycles. The summed E-state index contributed by atoms with van der Waals surface area (Å²) < 4.78 is 50.3. The lowest BCUT2D eigenvalue weighted by Gasteiger charge is -2.50. The van der Waals surface area contributed by atoms with Gasteiger partial charge in [-0.3, -0.25) is 28.8 Å². The van der Waals surface area contributed by atoms with Crippen LogP contribution in [0.2, 0.25) is 0 Å². The molecule has 4 aliphatic rings. The van der Waals surface area contributed by atoms with Gasteiger partial charge in [0.1, 0.15) is 91.6 Å². The zero-order chi connectivity index (χ0) is 48.4. The van der Waals surface area contributed by atoms with Gasteiger partial charge in [-0.15, -0.1) is 0 Å². The van der Waals surface area contributed by atoms with Gasteiger partial charge < -0.3 is 105 Å². The van der Waals surface area contributed by atoms with Crippen LogP contribution in [0.3, 0.4) is 0 Å². The van der Waals surface area contributed by atoms with E-state index in [1.807, 2.05) is 0 Å². The molecule has 370 valence electrons. The third kappa shape index (κ3) is 12.4. The maximum Gasteiger partial charge on any atom is 0.295 e. The summed E-state index contributed by atoms with van der Waals surface area (Å²) in [4.78, 5) is 70.9. The molecule has 1 aromatic carbocycles. The van der Waals surface area contributed by atoms with Crippen molar-refractivity contribution in [2.75, 3.05) is 26.4 Å². The molecule has 0 spiro atoms. The Hall–Kier alpha value is -4.40. The molecular formula is C39H55N3O24. The highest BCUT2D eigenvalue weighted by atomic mass is 16.8. The van der Waals surface area contributed by atoms with E-state index < -0.39 is 160 Å². The van der Waals surface area contributed by atoms with Crippen molar-refractivity contribution < 1.29 is 117 Å². The minimum absolute atomic E-state index is 0.0233. The van der Waals surface area contributed by atoms with Crippen LogP contribution < -0.4 is 16.0 Å². The monoisotopic (exact) mass is 949 g/mol. The highest BCUT2D eigenvalue weighted by molar-refractivity contribution is 5.94. The first-order valence-corrected chi connectivity index (χ1v) is 20.6. The molecule has 0 bridgehead atoms. The van der Waals surface area contributed by atoms with Gasteiger partial charge >= 0.3 is 0 Å². The van der Waals surface area contributed by atoms with Gasteiger partial charge in [0.2, 0.25) is 18.1 Å². The normalized spacial score (nSPS) is 39.1. The summed E-state index contributed by atoms with van der Waals surface area (Å²) in [6.07, 6.45) is -31.7. The first-order valence-electron chi connectivity index (χ1n) is 20.6. The van der Waals surface area contributed by atoms with Gasteiger partial charge in [-0.1, -0.05) is 12.1 Å². The quantitative estimate of drug-likeness (QED) is 0.0427. The fraction of sp³-hybridized carbons (Fsp3) is 0.692. The summed E-state index contributed by atoms with van der Waals surface area (Å²) in [5, 5.41) is 105. The van der Waals surface area contributed by atoms with Crippen molar-refractivity contribution in [1.29, 1.82) is 0 Å². The molecule has 8 unspecified atom stereocenters. The molecule has 27 nitrogen and oxygen atoms in total. The molecule has 5 rings (SSSR count).